The maximum atomic E-state index is 3.84. The third-order valence-electron chi connectivity index (χ3n) is 5.64. The van der Waals surface area contributed by atoms with Gasteiger partial charge in [0, 0.05) is 11.6 Å². The monoisotopic (exact) mass is 266 g/mol. The zero-order valence-electron chi connectivity index (χ0n) is 13.5. The molecule has 0 amide bonds. The van der Waals surface area contributed by atoms with Gasteiger partial charge in [0.05, 0.1) is 0 Å². The SMILES string of the molecule is CCNC(C1CCC(C)CC1)C(C)(C)N1CCCC1. The Kier molecular flexibility index (Phi) is 5.30. The van der Waals surface area contributed by atoms with Gasteiger partial charge in [0.2, 0.25) is 0 Å². The average molecular weight is 266 g/mol. The van der Waals surface area contributed by atoms with Gasteiger partial charge in [-0.15, -0.1) is 0 Å². The van der Waals surface area contributed by atoms with E-state index in [0.717, 1.165) is 18.4 Å². The lowest BCUT2D eigenvalue weighted by Crippen LogP contribution is -2.60. The summed E-state index contributed by atoms with van der Waals surface area (Å²) in [6.07, 6.45) is 8.51. The van der Waals surface area contributed by atoms with Gasteiger partial charge in [0.1, 0.15) is 0 Å². The molecule has 0 aromatic heterocycles. The van der Waals surface area contributed by atoms with E-state index in [-0.39, 0.29) is 0 Å². The fourth-order valence-electron chi connectivity index (χ4n) is 4.32. The van der Waals surface area contributed by atoms with Crippen molar-refractivity contribution in [3.8, 4) is 0 Å². The Morgan fingerprint density at radius 1 is 1.11 bits per heavy atom. The molecule has 0 spiro atoms. The van der Waals surface area contributed by atoms with Crippen molar-refractivity contribution in [1.29, 1.82) is 0 Å². The third-order valence-corrected chi connectivity index (χ3v) is 5.64. The van der Waals surface area contributed by atoms with E-state index in [2.05, 4.69) is 37.9 Å². The summed E-state index contributed by atoms with van der Waals surface area (Å²) in [5.74, 6) is 1.83. The van der Waals surface area contributed by atoms with Gasteiger partial charge < -0.3 is 5.32 Å². The molecule has 1 saturated carbocycles. The predicted octanol–water partition coefficient (Wildman–Crippen LogP) is 3.67. The summed E-state index contributed by atoms with van der Waals surface area (Å²) in [7, 11) is 0. The van der Waals surface area contributed by atoms with Gasteiger partial charge in [0.25, 0.3) is 0 Å². The molecule has 0 aromatic carbocycles. The van der Waals surface area contributed by atoms with Crippen LogP contribution >= 0.6 is 0 Å². The smallest absolute Gasteiger partial charge is 0.0308 e. The zero-order chi connectivity index (χ0) is 13.9. The lowest BCUT2D eigenvalue weighted by Gasteiger charge is -2.47. The first-order valence-electron chi connectivity index (χ1n) is 8.54. The summed E-state index contributed by atoms with van der Waals surface area (Å²) < 4.78 is 0. The van der Waals surface area contributed by atoms with Crippen LogP contribution in [-0.2, 0) is 0 Å². The standard InChI is InChI=1S/C17H34N2/c1-5-18-16(15-10-8-14(2)9-11-15)17(3,4)19-12-6-7-13-19/h14-16,18H,5-13H2,1-4H3. The molecule has 2 fully saturated rings. The van der Waals surface area contributed by atoms with E-state index in [0.29, 0.717) is 11.6 Å². The van der Waals surface area contributed by atoms with Crippen molar-refractivity contribution in [3.05, 3.63) is 0 Å². The van der Waals surface area contributed by atoms with E-state index in [1.54, 1.807) is 0 Å². The molecule has 1 unspecified atom stereocenters. The first kappa shape index (κ1) is 15.3. The minimum absolute atomic E-state index is 0.317. The van der Waals surface area contributed by atoms with Crippen LogP contribution < -0.4 is 5.32 Å². The third kappa shape index (κ3) is 3.52. The molecule has 1 heterocycles. The molecule has 19 heavy (non-hydrogen) atoms. The summed E-state index contributed by atoms with van der Waals surface area (Å²) >= 11 is 0. The Morgan fingerprint density at radius 2 is 1.68 bits per heavy atom. The second-order valence-electron chi connectivity index (χ2n) is 7.40. The number of likely N-dealkylation sites (tertiary alicyclic amines) is 1. The highest BCUT2D eigenvalue weighted by Crippen LogP contribution is 2.36. The zero-order valence-corrected chi connectivity index (χ0v) is 13.5. The lowest BCUT2D eigenvalue weighted by molar-refractivity contribution is 0.0615. The van der Waals surface area contributed by atoms with Gasteiger partial charge in [-0.25, -0.2) is 0 Å². The molecular formula is C17H34N2. The normalized spacial score (nSPS) is 31.6. The molecule has 0 bridgehead atoms. The highest BCUT2D eigenvalue weighted by atomic mass is 15.2. The Hall–Kier alpha value is -0.0800. The number of hydrogen-bond donors (Lipinski definition) is 1. The molecule has 0 radical (unpaired) electrons. The Bertz CT molecular complexity index is 260. The van der Waals surface area contributed by atoms with Crippen LogP contribution in [-0.4, -0.2) is 36.1 Å². The Morgan fingerprint density at radius 3 is 2.21 bits per heavy atom. The average Bonchev–Trinajstić information content (AvgIpc) is 2.92. The van der Waals surface area contributed by atoms with Crippen molar-refractivity contribution in [1.82, 2.24) is 10.2 Å². The van der Waals surface area contributed by atoms with E-state index in [9.17, 15) is 0 Å². The van der Waals surface area contributed by atoms with Gasteiger partial charge in [0.15, 0.2) is 0 Å². The maximum Gasteiger partial charge on any atom is 0.0308 e. The number of likely N-dealkylation sites (N-methyl/N-ethyl adjacent to an activating group) is 1. The van der Waals surface area contributed by atoms with Crippen molar-refractivity contribution in [2.24, 2.45) is 11.8 Å². The van der Waals surface area contributed by atoms with E-state index >= 15 is 0 Å². The topological polar surface area (TPSA) is 15.3 Å². The molecule has 1 aliphatic carbocycles. The molecule has 1 aliphatic heterocycles. The van der Waals surface area contributed by atoms with Crippen molar-refractivity contribution in [3.63, 3.8) is 0 Å². The largest absolute Gasteiger partial charge is 0.312 e. The molecule has 2 nitrogen and oxygen atoms in total. The van der Waals surface area contributed by atoms with Crippen LogP contribution in [0.1, 0.15) is 66.2 Å². The highest BCUT2D eigenvalue weighted by Gasteiger charge is 2.41. The molecule has 2 rings (SSSR count). The van der Waals surface area contributed by atoms with Crippen molar-refractivity contribution >= 4 is 0 Å². The summed E-state index contributed by atoms with van der Waals surface area (Å²) in [6, 6.07) is 0.670. The van der Waals surface area contributed by atoms with Crippen LogP contribution in [0.25, 0.3) is 0 Å². The van der Waals surface area contributed by atoms with E-state index < -0.39 is 0 Å². The van der Waals surface area contributed by atoms with Crippen LogP contribution in [0.4, 0.5) is 0 Å². The van der Waals surface area contributed by atoms with Crippen molar-refractivity contribution in [2.75, 3.05) is 19.6 Å². The molecule has 1 N–H and O–H groups in total. The Labute approximate surface area is 120 Å². The Balaban J connectivity index is 2.05. The van der Waals surface area contributed by atoms with Gasteiger partial charge in [-0.05, 0) is 71.0 Å². The van der Waals surface area contributed by atoms with E-state index in [1.807, 2.05) is 0 Å². The second kappa shape index (κ2) is 6.58. The van der Waals surface area contributed by atoms with Crippen LogP contribution in [0.5, 0.6) is 0 Å². The lowest BCUT2D eigenvalue weighted by atomic mass is 9.73. The number of nitrogens with one attached hydrogen (secondary N) is 1. The minimum Gasteiger partial charge on any atom is -0.312 e. The molecule has 1 atom stereocenters. The fraction of sp³-hybridized carbons (Fsp3) is 1.00. The number of hydrogen-bond acceptors (Lipinski definition) is 2. The van der Waals surface area contributed by atoms with Crippen molar-refractivity contribution < 1.29 is 0 Å². The predicted molar refractivity (Wildman–Crippen MR) is 83.5 cm³/mol. The van der Waals surface area contributed by atoms with Crippen LogP contribution in [0, 0.1) is 11.8 Å². The van der Waals surface area contributed by atoms with Crippen molar-refractivity contribution in [2.45, 2.75) is 77.8 Å². The minimum atomic E-state index is 0.317. The second-order valence-corrected chi connectivity index (χ2v) is 7.40. The molecular weight excluding hydrogens is 232 g/mol. The summed E-state index contributed by atoms with van der Waals surface area (Å²) in [4.78, 5) is 2.73. The van der Waals surface area contributed by atoms with Gasteiger partial charge >= 0.3 is 0 Å². The number of nitrogens with zero attached hydrogens (tertiary/aromatic N) is 1. The molecule has 0 aromatic rings. The quantitative estimate of drug-likeness (QED) is 0.817. The van der Waals surface area contributed by atoms with Gasteiger partial charge in [-0.1, -0.05) is 26.7 Å². The van der Waals surface area contributed by atoms with Gasteiger partial charge in [-0.3, -0.25) is 4.90 Å². The molecule has 112 valence electrons. The van der Waals surface area contributed by atoms with Crippen LogP contribution in [0.2, 0.25) is 0 Å². The number of rotatable bonds is 5. The first-order valence-corrected chi connectivity index (χ1v) is 8.54. The maximum absolute atomic E-state index is 3.84. The molecule has 1 saturated heterocycles. The summed E-state index contributed by atoms with van der Waals surface area (Å²) in [5, 5.41) is 3.84. The van der Waals surface area contributed by atoms with E-state index in [4.69, 9.17) is 0 Å². The summed E-state index contributed by atoms with van der Waals surface area (Å²) in [5.41, 5.74) is 0.317. The highest BCUT2D eigenvalue weighted by molar-refractivity contribution is 4.99. The molecule has 2 heteroatoms. The molecule has 2 aliphatic rings. The summed E-state index contributed by atoms with van der Waals surface area (Å²) in [6.45, 7) is 13.3. The first-order chi connectivity index (χ1) is 9.05. The van der Waals surface area contributed by atoms with Crippen LogP contribution in [0.3, 0.4) is 0 Å². The van der Waals surface area contributed by atoms with Gasteiger partial charge in [-0.2, -0.15) is 0 Å². The van der Waals surface area contributed by atoms with E-state index in [1.165, 1.54) is 51.6 Å². The fourth-order valence-corrected chi connectivity index (χ4v) is 4.32. The van der Waals surface area contributed by atoms with Crippen LogP contribution in [0.15, 0.2) is 0 Å².